The molecule has 2 aromatic carbocycles. The first-order chi connectivity index (χ1) is 13.9. The van der Waals surface area contributed by atoms with Crippen LogP contribution in [0.4, 0.5) is 0 Å². The number of H-pyrrole nitrogens is 1. The first-order valence-corrected chi connectivity index (χ1v) is 10.3. The van der Waals surface area contributed by atoms with E-state index in [0.29, 0.717) is 5.92 Å². The van der Waals surface area contributed by atoms with E-state index in [0.717, 1.165) is 29.4 Å². The van der Waals surface area contributed by atoms with Gasteiger partial charge in [-0.1, -0.05) is 48.5 Å². The van der Waals surface area contributed by atoms with Crippen LogP contribution in [0.15, 0.2) is 73.1 Å². The lowest BCUT2D eigenvalue weighted by atomic mass is 9.77. The molecule has 0 bridgehead atoms. The summed E-state index contributed by atoms with van der Waals surface area (Å²) in [4.78, 5) is 12.8. The summed E-state index contributed by atoms with van der Waals surface area (Å²) >= 11 is 0. The summed E-state index contributed by atoms with van der Waals surface area (Å²) < 4.78 is 0. The first-order valence-electron chi connectivity index (χ1n) is 10.3. The SMILES string of the molecule is c1ccc(-c2c[nH]c(C[C@H]3CC[C@@H](c4ccnc5ccccc54)CC3)n2)cc1. The van der Waals surface area contributed by atoms with Gasteiger partial charge in [-0.2, -0.15) is 0 Å². The zero-order chi connectivity index (χ0) is 18.8. The second-order valence-electron chi connectivity index (χ2n) is 7.94. The van der Waals surface area contributed by atoms with Gasteiger partial charge in [-0.05, 0) is 55.2 Å². The van der Waals surface area contributed by atoms with Crippen LogP contribution >= 0.6 is 0 Å². The maximum Gasteiger partial charge on any atom is 0.107 e. The fourth-order valence-corrected chi connectivity index (χ4v) is 4.65. The maximum atomic E-state index is 4.83. The van der Waals surface area contributed by atoms with Crippen molar-refractivity contribution in [2.45, 2.75) is 38.0 Å². The second kappa shape index (κ2) is 7.59. The lowest BCUT2D eigenvalue weighted by molar-refractivity contribution is 0.322. The van der Waals surface area contributed by atoms with Crippen LogP contribution in [-0.2, 0) is 6.42 Å². The summed E-state index contributed by atoms with van der Waals surface area (Å²) in [7, 11) is 0. The Morgan fingerprint density at radius 1 is 0.857 bits per heavy atom. The van der Waals surface area contributed by atoms with Gasteiger partial charge in [0.25, 0.3) is 0 Å². The summed E-state index contributed by atoms with van der Waals surface area (Å²) in [5, 5.41) is 1.33. The molecule has 5 rings (SSSR count). The van der Waals surface area contributed by atoms with E-state index in [4.69, 9.17) is 4.98 Å². The normalized spacial score (nSPS) is 19.7. The summed E-state index contributed by atoms with van der Waals surface area (Å²) in [5.41, 5.74) is 4.82. The standard InChI is InChI=1S/C25H25N3/c1-2-6-20(7-3-1)24-17-27-25(28-24)16-18-10-12-19(13-11-18)21-14-15-26-23-9-5-4-8-22(21)23/h1-9,14-15,17-19H,10-13,16H2,(H,27,28)/t18-,19+. The van der Waals surface area contributed by atoms with E-state index in [1.165, 1.54) is 42.2 Å². The van der Waals surface area contributed by atoms with Crippen molar-refractivity contribution in [3.05, 3.63) is 84.4 Å². The number of nitrogens with one attached hydrogen (secondary N) is 1. The molecule has 2 heterocycles. The van der Waals surface area contributed by atoms with E-state index in [-0.39, 0.29) is 0 Å². The Hall–Kier alpha value is -2.94. The highest BCUT2D eigenvalue weighted by molar-refractivity contribution is 5.82. The Morgan fingerprint density at radius 2 is 1.64 bits per heavy atom. The number of aromatic amines is 1. The van der Waals surface area contributed by atoms with Gasteiger partial charge in [0, 0.05) is 29.8 Å². The Kier molecular flexibility index (Phi) is 4.66. The molecule has 2 aromatic heterocycles. The average Bonchev–Trinajstić information content (AvgIpc) is 3.23. The Balaban J connectivity index is 1.25. The molecule has 1 N–H and O–H groups in total. The lowest BCUT2D eigenvalue weighted by Crippen LogP contribution is -2.16. The summed E-state index contributed by atoms with van der Waals surface area (Å²) in [6.45, 7) is 0. The predicted molar refractivity (Wildman–Crippen MR) is 114 cm³/mol. The molecule has 0 spiro atoms. The Bertz CT molecular complexity index is 1050. The number of pyridine rings is 1. The molecule has 28 heavy (non-hydrogen) atoms. The minimum Gasteiger partial charge on any atom is -0.348 e. The molecule has 140 valence electrons. The van der Waals surface area contributed by atoms with Crippen molar-refractivity contribution in [3.8, 4) is 11.3 Å². The molecule has 3 nitrogen and oxygen atoms in total. The van der Waals surface area contributed by atoms with Crippen LogP contribution in [-0.4, -0.2) is 15.0 Å². The van der Waals surface area contributed by atoms with E-state index in [9.17, 15) is 0 Å². The van der Waals surface area contributed by atoms with E-state index in [2.05, 4.69) is 64.6 Å². The summed E-state index contributed by atoms with van der Waals surface area (Å²) in [6, 6.07) is 21.2. The van der Waals surface area contributed by atoms with Gasteiger partial charge >= 0.3 is 0 Å². The number of fused-ring (bicyclic) bond motifs is 1. The molecule has 1 fully saturated rings. The van der Waals surface area contributed by atoms with Crippen molar-refractivity contribution in [2.24, 2.45) is 5.92 Å². The largest absolute Gasteiger partial charge is 0.348 e. The highest BCUT2D eigenvalue weighted by atomic mass is 14.9. The third kappa shape index (κ3) is 3.45. The molecule has 0 saturated heterocycles. The van der Waals surface area contributed by atoms with Crippen LogP contribution in [0, 0.1) is 5.92 Å². The van der Waals surface area contributed by atoms with Gasteiger partial charge < -0.3 is 4.98 Å². The summed E-state index contributed by atoms with van der Waals surface area (Å²) in [6.07, 6.45) is 10.1. The fourth-order valence-electron chi connectivity index (χ4n) is 4.65. The van der Waals surface area contributed by atoms with Crippen LogP contribution in [0.25, 0.3) is 22.2 Å². The Morgan fingerprint density at radius 3 is 2.50 bits per heavy atom. The molecule has 0 unspecified atom stereocenters. The smallest absolute Gasteiger partial charge is 0.107 e. The van der Waals surface area contributed by atoms with Crippen LogP contribution in [0.1, 0.15) is 43.0 Å². The molecule has 0 aliphatic heterocycles. The van der Waals surface area contributed by atoms with Gasteiger partial charge in [0.1, 0.15) is 5.82 Å². The highest BCUT2D eigenvalue weighted by Gasteiger charge is 2.24. The van der Waals surface area contributed by atoms with E-state index in [1.54, 1.807) is 0 Å². The van der Waals surface area contributed by atoms with Crippen LogP contribution < -0.4 is 0 Å². The third-order valence-corrected chi connectivity index (χ3v) is 6.15. The third-order valence-electron chi connectivity index (χ3n) is 6.15. The van der Waals surface area contributed by atoms with Crippen molar-refractivity contribution < 1.29 is 0 Å². The molecular weight excluding hydrogens is 342 g/mol. The maximum absolute atomic E-state index is 4.83. The second-order valence-corrected chi connectivity index (χ2v) is 7.94. The number of hydrogen-bond acceptors (Lipinski definition) is 2. The van der Waals surface area contributed by atoms with E-state index in [1.807, 2.05) is 18.5 Å². The number of rotatable bonds is 4. The quantitative estimate of drug-likeness (QED) is 0.470. The van der Waals surface area contributed by atoms with Gasteiger partial charge in [0.2, 0.25) is 0 Å². The molecule has 0 atom stereocenters. The van der Waals surface area contributed by atoms with Crippen molar-refractivity contribution in [3.63, 3.8) is 0 Å². The zero-order valence-electron chi connectivity index (χ0n) is 16.0. The first kappa shape index (κ1) is 17.2. The number of hydrogen-bond donors (Lipinski definition) is 1. The van der Waals surface area contributed by atoms with Crippen molar-refractivity contribution in [2.75, 3.05) is 0 Å². The molecule has 0 amide bonds. The van der Waals surface area contributed by atoms with Gasteiger partial charge in [0.15, 0.2) is 0 Å². The van der Waals surface area contributed by atoms with Crippen LogP contribution in [0.5, 0.6) is 0 Å². The number of benzene rings is 2. The topological polar surface area (TPSA) is 41.6 Å². The molecule has 0 radical (unpaired) electrons. The number of aromatic nitrogens is 3. The Labute approximate surface area is 165 Å². The van der Waals surface area contributed by atoms with Gasteiger partial charge in [-0.3, -0.25) is 4.98 Å². The summed E-state index contributed by atoms with van der Waals surface area (Å²) in [5.74, 6) is 2.50. The minimum absolute atomic E-state index is 0.653. The monoisotopic (exact) mass is 367 g/mol. The number of imidazole rings is 1. The zero-order valence-corrected chi connectivity index (χ0v) is 16.0. The van der Waals surface area contributed by atoms with E-state index >= 15 is 0 Å². The molecular formula is C25H25N3. The van der Waals surface area contributed by atoms with Gasteiger partial charge in [-0.15, -0.1) is 0 Å². The minimum atomic E-state index is 0.653. The van der Waals surface area contributed by atoms with Gasteiger partial charge in [0.05, 0.1) is 11.2 Å². The molecule has 4 aromatic rings. The van der Waals surface area contributed by atoms with Crippen LogP contribution in [0.3, 0.4) is 0 Å². The fraction of sp³-hybridized carbons (Fsp3) is 0.280. The molecule has 1 saturated carbocycles. The van der Waals surface area contributed by atoms with Crippen LogP contribution in [0.2, 0.25) is 0 Å². The average molecular weight is 367 g/mol. The van der Waals surface area contributed by atoms with Gasteiger partial charge in [-0.25, -0.2) is 4.98 Å². The predicted octanol–water partition coefficient (Wildman–Crippen LogP) is 6.14. The number of nitrogens with zero attached hydrogens (tertiary/aromatic N) is 2. The number of para-hydroxylation sites is 1. The highest BCUT2D eigenvalue weighted by Crippen LogP contribution is 2.39. The van der Waals surface area contributed by atoms with Crippen molar-refractivity contribution >= 4 is 10.9 Å². The lowest BCUT2D eigenvalue weighted by Gasteiger charge is -2.29. The molecule has 1 aliphatic carbocycles. The molecule has 3 heteroatoms. The van der Waals surface area contributed by atoms with Crippen molar-refractivity contribution in [1.82, 2.24) is 15.0 Å². The molecule has 1 aliphatic rings. The van der Waals surface area contributed by atoms with E-state index < -0.39 is 0 Å². The van der Waals surface area contributed by atoms with Crippen molar-refractivity contribution in [1.29, 1.82) is 0 Å².